The van der Waals surface area contributed by atoms with Gasteiger partial charge in [-0.05, 0) is 24.1 Å². The second kappa shape index (κ2) is 5.75. The van der Waals surface area contributed by atoms with Crippen molar-refractivity contribution in [2.24, 2.45) is 0 Å². The van der Waals surface area contributed by atoms with Gasteiger partial charge in [-0.3, -0.25) is 4.79 Å². The number of methoxy groups -OCH3 is 1. The van der Waals surface area contributed by atoms with E-state index in [1.807, 2.05) is 12.1 Å². The molecule has 0 N–H and O–H groups in total. The number of benzene rings is 1. The van der Waals surface area contributed by atoms with E-state index in [2.05, 4.69) is 0 Å². The topological polar surface area (TPSA) is 29.5 Å². The fourth-order valence-corrected chi connectivity index (χ4v) is 1.57. The number of hydrogen-bond donors (Lipinski definition) is 0. The molecular formula is C12H16ClNO2. The van der Waals surface area contributed by atoms with Crippen molar-refractivity contribution in [1.29, 1.82) is 0 Å². The van der Waals surface area contributed by atoms with Crippen molar-refractivity contribution in [1.82, 2.24) is 4.90 Å². The summed E-state index contributed by atoms with van der Waals surface area (Å²) < 4.78 is 5.06. The van der Waals surface area contributed by atoms with Gasteiger partial charge in [0.25, 0.3) is 0 Å². The van der Waals surface area contributed by atoms with Crippen molar-refractivity contribution in [3.63, 3.8) is 0 Å². The van der Waals surface area contributed by atoms with Crippen molar-refractivity contribution in [2.45, 2.75) is 13.3 Å². The highest BCUT2D eigenvalue weighted by atomic mass is 35.5. The Labute approximate surface area is 101 Å². The third-order valence-electron chi connectivity index (χ3n) is 2.51. The quantitative estimate of drug-likeness (QED) is 0.810. The summed E-state index contributed by atoms with van der Waals surface area (Å²) in [5.74, 6) is 0.804. The highest BCUT2D eigenvalue weighted by Crippen LogP contribution is 2.22. The number of likely N-dealkylation sites (N-methyl/N-ethyl adjacent to an activating group) is 1. The SMILES string of the molecule is COc1ccc(CCN(C)C(C)=O)c(Cl)c1. The fourth-order valence-electron chi connectivity index (χ4n) is 1.30. The van der Waals surface area contributed by atoms with Crippen LogP contribution in [0.2, 0.25) is 5.02 Å². The number of carbonyl (C=O) groups excluding carboxylic acids is 1. The largest absolute Gasteiger partial charge is 0.497 e. The molecule has 0 heterocycles. The van der Waals surface area contributed by atoms with Gasteiger partial charge in [0.05, 0.1) is 7.11 Å². The van der Waals surface area contributed by atoms with Gasteiger partial charge in [-0.15, -0.1) is 0 Å². The van der Waals surface area contributed by atoms with Gasteiger partial charge in [-0.2, -0.15) is 0 Å². The molecule has 0 spiro atoms. The van der Waals surface area contributed by atoms with Crippen LogP contribution in [0.15, 0.2) is 18.2 Å². The molecule has 0 aliphatic carbocycles. The van der Waals surface area contributed by atoms with Crippen LogP contribution in [0, 0.1) is 0 Å². The lowest BCUT2D eigenvalue weighted by Gasteiger charge is -2.15. The molecule has 0 bridgehead atoms. The van der Waals surface area contributed by atoms with Gasteiger partial charge < -0.3 is 9.64 Å². The van der Waals surface area contributed by atoms with Crippen LogP contribution in [-0.2, 0) is 11.2 Å². The van der Waals surface area contributed by atoms with Crippen molar-refractivity contribution >= 4 is 17.5 Å². The van der Waals surface area contributed by atoms with Crippen LogP contribution in [0.1, 0.15) is 12.5 Å². The molecule has 16 heavy (non-hydrogen) atoms. The first kappa shape index (κ1) is 12.8. The first-order chi connectivity index (χ1) is 7.54. The average molecular weight is 242 g/mol. The summed E-state index contributed by atoms with van der Waals surface area (Å²) in [5, 5.41) is 0.677. The maximum atomic E-state index is 11.0. The Hall–Kier alpha value is -1.22. The summed E-state index contributed by atoms with van der Waals surface area (Å²) in [7, 11) is 3.38. The predicted octanol–water partition coefficient (Wildman–Crippen LogP) is 2.37. The van der Waals surface area contributed by atoms with Gasteiger partial charge >= 0.3 is 0 Å². The highest BCUT2D eigenvalue weighted by Gasteiger charge is 2.06. The van der Waals surface area contributed by atoms with E-state index in [-0.39, 0.29) is 5.91 Å². The molecular weight excluding hydrogens is 226 g/mol. The van der Waals surface area contributed by atoms with Crippen molar-refractivity contribution in [3.8, 4) is 5.75 Å². The standard InChI is InChI=1S/C12H16ClNO2/c1-9(15)14(2)7-6-10-4-5-11(16-3)8-12(10)13/h4-5,8H,6-7H2,1-3H3. The molecule has 1 aromatic carbocycles. The minimum Gasteiger partial charge on any atom is -0.497 e. The van der Waals surface area contributed by atoms with E-state index in [1.165, 1.54) is 0 Å². The minimum absolute atomic E-state index is 0.0598. The Balaban J connectivity index is 2.64. The number of amides is 1. The van der Waals surface area contributed by atoms with E-state index in [0.717, 1.165) is 17.7 Å². The third kappa shape index (κ3) is 3.42. The van der Waals surface area contributed by atoms with Crippen LogP contribution in [0.25, 0.3) is 0 Å². The lowest BCUT2D eigenvalue weighted by Crippen LogP contribution is -2.26. The van der Waals surface area contributed by atoms with E-state index in [0.29, 0.717) is 11.6 Å². The molecule has 1 aromatic rings. The number of halogens is 1. The first-order valence-corrected chi connectivity index (χ1v) is 5.46. The molecule has 88 valence electrons. The molecule has 0 saturated carbocycles. The Kier molecular flexibility index (Phi) is 4.62. The molecule has 1 rings (SSSR count). The highest BCUT2D eigenvalue weighted by molar-refractivity contribution is 6.31. The van der Waals surface area contributed by atoms with Crippen molar-refractivity contribution in [3.05, 3.63) is 28.8 Å². The maximum Gasteiger partial charge on any atom is 0.219 e. The second-order valence-corrected chi connectivity index (χ2v) is 4.06. The number of rotatable bonds is 4. The zero-order valence-corrected chi connectivity index (χ0v) is 10.5. The molecule has 1 amide bonds. The maximum absolute atomic E-state index is 11.0. The fraction of sp³-hybridized carbons (Fsp3) is 0.417. The van der Waals surface area contributed by atoms with Crippen molar-refractivity contribution in [2.75, 3.05) is 20.7 Å². The molecule has 0 radical (unpaired) electrons. The Morgan fingerprint density at radius 2 is 2.19 bits per heavy atom. The normalized spacial score (nSPS) is 10.0. The summed E-state index contributed by atoms with van der Waals surface area (Å²) in [5.41, 5.74) is 1.02. The lowest BCUT2D eigenvalue weighted by atomic mass is 10.1. The van der Waals surface area contributed by atoms with Crippen LogP contribution in [0.3, 0.4) is 0 Å². The Morgan fingerprint density at radius 1 is 1.50 bits per heavy atom. The monoisotopic (exact) mass is 241 g/mol. The smallest absolute Gasteiger partial charge is 0.219 e. The first-order valence-electron chi connectivity index (χ1n) is 5.08. The number of hydrogen-bond acceptors (Lipinski definition) is 2. The van der Waals surface area contributed by atoms with Gasteiger partial charge in [0.1, 0.15) is 5.75 Å². The lowest BCUT2D eigenvalue weighted by molar-refractivity contribution is -0.127. The molecule has 0 unspecified atom stereocenters. The van der Waals surface area contributed by atoms with Gasteiger partial charge in [0.2, 0.25) is 5.91 Å². The molecule has 0 saturated heterocycles. The molecule has 3 nitrogen and oxygen atoms in total. The number of nitrogens with zero attached hydrogens (tertiary/aromatic N) is 1. The van der Waals surface area contributed by atoms with Crippen molar-refractivity contribution < 1.29 is 9.53 Å². The summed E-state index contributed by atoms with van der Waals surface area (Å²) >= 11 is 6.09. The summed E-state index contributed by atoms with van der Waals surface area (Å²) in [4.78, 5) is 12.7. The van der Waals surface area contributed by atoms with Gasteiger partial charge in [-0.1, -0.05) is 17.7 Å². The molecule has 0 atom stereocenters. The molecule has 0 aliphatic heterocycles. The molecule has 0 aliphatic rings. The van der Waals surface area contributed by atoms with E-state index in [4.69, 9.17) is 16.3 Å². The van der Waals surface area contributed by atoms with Crippen LogP contribution >= 0.6 is 11.6 Å². The van der Waals surface area contributed by atoms with Crippen LogP contribution < -0.4 is 4.74 Å². The zero-order valence-electron chi connectivity index (χ0n) is 9.79. The van der Waals surface area contributed by atoms with E-state index in [1.54, 1.807) is 32.0 Å². The number of carbonyl (C=O) groups is 1. The number of ether oxygens (including phenoxy) is 1. The summed E-state index contributed by atoms with van der Waals surface area (Å²) in [6.07, 6.45) is 0.749. The van der Waals surface area contributed by atoms with Gasteiger partial charge in [0.15, 0.2) is 0 Å². The third-order valence-corrected chi connectivity index (χ3v) is 2.87. The van der Waals surface area contributed by atoms with Crippen LogP contribution in [0.5, 0.6) is 5.75 Å². The van der Waals surface area contributed by atoms with E-state index in [9.17, 15) is 4.79 Å². The summed E-state index contributed by atoms with van der Waals surface area (Å²) in [6.45, 7) is 2.22. The summed E-state index contributed by atoms with van der Waals surface area (Å²) in [6, 6.07) is 5.58. The van der Waals surface area contributed by atoms with Crippen LogP contribution in [0.4, 0.5) is 0 Å². The van der Waals surface area contributed by atoms with Crippen LogP contribution in [-0.4, -0.2) is 31.5 Å². The zero-order chi connectivity index (χ0) is 12.1. The van der Waals surface area contributed by atoms with Gasteiger partial charge in [0, 0.05) is 25.5 Å². The second-order valence-electron chi connectivity index (χ2n) is 3.65. The van der Waals surface area contributed by atoms with E-state index < -0.39 is 0 Å². The van der Waals surface area contributed by atoms with Gasteiger partial charge in [-0.25, -0.2) is 0 Å². The Morgan fingerprint density at radius 3 is 2.69 bits per heavy atom. The predicted molar refractivity (Wildman–Crippen MR) is 65.0 cm³/mol. The Bertz CT molecular complexity index is 379. The molecule has 0 fully saturated rings. The van der Waals surface area contributed by atoms with E-state index >= 15 is 0 Å². The molecule has 0 aromatic heterocycles. The average Bonchev–Trinajstić information content (AvgIpc) is 2.26. The minimum atomic E-state index is 0.0598. The molecule has 4 heteroatoms.